The molecule has 0 amide bonds. The second-order valence-electron chi connectivity index (χ2n) is 2.64. The largest absolute Gasteiger partial charge is 0.398 e. The van der Waals surface area contributed by atoms with Crippen LogP contribution in [-0.2, 0) is 9.84 Å². The Balaban J connectivity index is 3.40. The molecule has 5 heteroatoms. The van der Waals surface area contributed by atoms with Crippen LogP contribution in [0.5, 0.6) is 0 Å². The lowest BCUT2D eigenvalue weighted by atomic mass is 10.2. The molecule has 0 spiro atoms. The number of sulfone groups is 1. The van der Waals surface area contributed by atoms with Gasteiger partial charge in [-0.05, 0) is 18.2 Å². The van der Waals surface area contributed by atoms with Gasteiger partial charge in [0.2, 0.25) is 0 Å². The topological polar surface area (TPSA) is 84.0 Å². The van der Waals surface area contributed by atoms with Crippen LogP contribution in [0.15, 0.2) is 23.1 Å². The van der Waals surface area contributed by atoms with E-state index in [9.17, 15) is 8.42 Å². The van der Waals surface area contributed by atoms with Crippen LogP contribution in [0.2, 0.25) is 0 Å². The van der Waals surface area contributed by atoms with E-state index >= 15 is 0 Å². The lowest BCUT2D eigenvalue weighted by molar-refractivity contribution is 0.602. The molecule has 0 bridgehead atoms. The minimum atomic E-state index is -3.29. The third-order valence-electron chi connectivity index (χ3n) is 1.54. The zero-order chi connectivity index (χ0) is 10.1. The Labute approximate surface area is 76.5 Å². The smallest absolute Gasteiger partial charge is 0.177 e. The van der Waals surface area contributed by atoms with Crippen LogP contribution in [0, 0.1) is 11.3 Å². The summed E-state index contributed by atoms with van der Waals surface area (Å²) in [7, 11) is -3.29. The van der Waals surface area contributed by atoms with Gasteiger partial charge in [0.15, 0.2) is 9.84 Å². The normalized spacial score (nSPS) is 10.8. The van der Waals surface area contributed by atoms with E-state index in [1.54, 1.807) is 0 Å². The Hall–Kier alpha value is -1.54. The fraction of sp³-hybridized carbons (Fsp3) is 0.125. The number of hydrogen-bond donors (Lipinski definition) is 1. The number of nitrogen functional groups attached to an aromatic ring is 1. The molecule has 0 aliphatic rings. The zero-order valence-corrected chi connectivity index (χ0v) is 7.80. The number of nitrogens with two attached hydrogens (primary N) is 1. The Morgan fingerprint density at radius 3 is 2.46 bits per heavy atom. The molecule has 13 heavy (non-hydrogen) atoms. The van der Waals surface area contributed by atoms with Crippen molar-refractivity contribution < 1.29 is 8.42 Å². The van der Waals surface area contributed by atoms with Crippen LogP contribution in [0.1, 0.15) is 5.56 Å². The number of nitriles is 1. The number of nitrogens with zero attached hydrogens (tertiary/aromatic N) is 1. The van der Waals surface area contributed by atoms with Crippen molar-refractivity contribution >= 4 is 15.5 Å². The lowest BCUT2D eigenvalue weighted by Gasteiger charge is -2.02. The molecule has 0 saturated heterocycles. The molecule has 0 radical (unpaired) electrons. The summed E-state index contributed by atoms with van der Waals surface area (Å²) in [5.41, 5.74) is 5.92. The molecular weight excluding hydrogens is 188 g/mol. The van der Waals surface area contributed by atoms with Crippen molar-refractivity contribution in [2.24, 2.45) is 0 Å². The van der Waals surface area contributed by atoms with Gasteiger partial charge in [0, 0.05) is 6.26 Å². The number of anilines is 1. The summed E-state index contributed by atoms with van der Waals surface area (Å²) in [6.45, 7) is 0. The molecule has 2 N–H and O–H groups in total. The van der Waals surface area contributed by atoms with Crippen LogP contribution in [0.3, 0.4) is 0 Å². The predicted octanol–water partition coefficient (Wildman–Crippen LogP) is 0.544. The van der Waals surface area contributed by atoms with Crippen LogP contribution < -0.4 is 5.73 Å². The molecular formula is C8H8N2O2S. The second kappa shape index (κ2) is 3.07. The van der Waals surface area contributed by atoms with Gasteiger partial charge in [-0.3, -0.25) is 0 Å². The first-order valence-electron chi connectivity index (χ1n) is 3.45. The van der Waals surface area contributed by atoms with Crippen LogP contribution in [-0.4, -0.2) is 14.7 Å². The van der Waals surface area contributed by atoms with E-state index in [4.69, 9.17) is 11.0 Å². The standard InChI is InChI=1S/C8H8N2O2S/c1-13(11,12)8-3-2-6(5-9)4-7(8)10/h2-4H,10H2,1H3. The van der Waals surface area contributed by atoms with Gasteiger partial charge >= 0.3 is 0 Å². The van der Waals surface area contributed by atoms with Crippen molar-refractivity contribution in [1.82, 2.24) is 0 Å². The molecule has 0 heterocycles. The summed E-state index contributed by atoms with van der Waals surface area (Å²) >= 11 is 0. The van der Waals surface area contributed by atoms with Crippen LogP contribution >= 0.6 is 0 Å². The molecule has 1 aromatic carbocycles. The minimum Gasteiger partial charge on any atom is -0.398 e. The summed E-state index contributed by atoms with van der Waals surface area (Å²) in [6, 6.07) is 5.98. The Morgan fingerprint density at radius 1 is 1.46 bits per heavy atom. The maximum atomic E-state index is 11.1. The average molecular weight is 196 g/mol. The van der Waals surface area contributed by atoms with Crippen LogP contribution in [0.4, 0.5) is 5.69 Å². The fourth-order valence-corrected chi connectivity index (χ4v) is 1.76. The van der Waals surface area contributed by atoms with E-state index in [1.165, 1.54) is 18.2 Å². The molecule has 0 unspecified atom stereocenters. The number of hydrogen-bond acceptors (Lipinski definition) is 4. The Bertz CT molecular complexity index is 471. The monoisotopic (exact) mass is 196 g/mol. The van der Waals surface area contributed by atoms with E-state index in [-0.39, 0.29) is 10.6 Å². The summed E-state index contributed by atoms with van der Waals surface area (Å²) in [4.78, 5) is 0.0616. The van der Waals surface area contributed by atoms with Gasteiger partial charge in [0.1, 0.15) is 0 Å². The number of benzene rings is 1. The minimum absolute atomic E-state index is 0.0616. The SMILES string of the molecule is CS(=O)(=O)c1ccc(C#N)cc1N. The van der Waals surface area contributed by atoms with Crippen LogP contribution in [0.25, 0.3) is 0 Å². The first kappa shape index (κ1) is 9.55. The number of rotatable bonds is 1. The van der Waals surface area contributed by atoms with Gasteiger partial charge < -0.3 is 5.73 Å². The third-order valence-corrected chi connectivity index (χ3v) is 2.71. The molecule has 68 valence electrons. The van der Waals surface area contributed by atoms with Crippen molar-refractivity contribution in [3.8, 4) is 6.07 Å². The summed E-state index contributed by atoms with van der Waals surface area (Å²) in [5.74, 6) is 0. The van der Waals surface area contributed by atoms with Crippen molar-refractivity contribution in [3.05, 3.63) is 23.8 Å². The molecule has 0 aliphatic heterocycles. The van der Waals surface area contributed by atoms with Crippen molar-refractivity contribution in [3.63, 3.8) is 0 Å². The highest BCUT2D eigenvalue weighted by Gasteiger charge is 2.10. The van der Waals surface area contributed by atoms with Crippen molar-refractivity contribution in [2.75, 3.05) is 12.0 Å². The maximum Gasteiger partial charge on any atom is 0.177 e. The van der Waals surface area contributed by atoms with E-state index in [1.807, 2.05) is 6.07 Å². The van der Waals surface area contributed by atoms with E-state index < -0.39 is 9.84 Å². The van der Waals surface area contributed by atoms with E-state index in [2.05, 4.69) is 0 Å². The molecule has 0 fully saturated rings. The highest BCUT2D eigenvalue weighted by atomic mass is 32.2. The maximum absolute atomic E-state index is 11.1. The van der Waals surface area contributed by atoms with Crippen molar-refractivity contribution in [1.29, 1.82) is 5.26 Å². The zero-order valence-electron chi connectivity index (χ0n) is 6.98. The first-order valence-corrected chi connectivity index (χ1v) is 5.34. The van der Waals surface area contributed by atoms with Gasteiger partial charge in [-0.25, -0.2) is 8.42 Å². The Kier molecular flexibility index (Phi) is 2.26. The summed E-state index contributed by atoms with van der Waals surface area (Å²) in [5, 5.41) is 8.50. The van der Waals surface area contributed by atoms with Gasteiger partial charge in [-0.2, -0.15) is 5.26 Å². The molecule has 0 atom stereocenters. The highest BCUT2D eigenvalue weighted by Crippen LogP contribution is 2.18. The molecule has 1 rings (SSSR count). The second-order valence-corrected chi connectivity index (χ2v) is 4.62. The van der Waals surface area contributed by atoms with Gasteiger partial charge in [-0.15, -0.1) is 0 Å². The first-order chi connectivity index (χ1) is 5.95. The molecule has 4 nitrogen and oxygen atoms in total. The quantitative estimate of drug-likeness (QED) is 0.664. The molecule has 0 aliphatic carbocycles. The third kappa shape index (κ3) is 1.98. The summed E-state index contributed by atoms with van der Waals surface area (Å²) in [6.07, 6.45) is 1.07. The average Bonchev–Trinajstić information content (AvgIpc) is 2.01. The Morgan fingerprint density at radius 2 is 2.08 bits per heavy atom. The summed E-state index contributed by atoms with van der Waals surface area (Å²) < 4.78 is 22.2. The molecule has 1 aromatic rings. The van der Waals surface area contributed by atoms with Gasteiger partial charge in [-0.1, -0.05) is 0 Å². The molecule has 0 saturated carbocycles. The van der Waals surface area contributed by atoms with Crippen molar-refractivity contribution in [2.45, 2.75) is 4.90 Å². The lowest BCUT2D eigenvalue weighted by Crippen LogP contribution is -2.02. The molecule has 0 aromatic heterocycles. The van der Waals surface area contributed by atoms with Gasteiger partial charge in [0.25, 0.3) is 0 Å². The fourth-order valence-electron chi connectivity index (χ4n) is 0.956. The van der Waals surface area contributed by atoms with E-state index in [0.29, 0.717) is 5.56 Å². The predicted molar refractivity (Wildman–Crippen MR) is 48.7 cm³/mol. The highest BCUT2D eigenvalue weighted by molar-refractivity contribution is 7.90. The van der Waals surface area contributed by atoms with E-state index in [0.717, 1.165) is 6.26 Å². The van der Waals surface area contributed by atoms with Gasteiger partial charge in [0.05, 0.1) is 22.2 Å².